The van der Waals surface area contributed by atoms with Crippen molar-refractivity contribution in [1.82, 2.24) is 25.1 Å². The van der Waals surface area contributed by atoms with E-state index in [0.29, 0.717) is 50.7 Å². The minimum atomic E-state index is -0.343. The number of hydrogen-bond donors (Lipinski definition) is 2. The zero-order valence-corrected chi connectivity index (χ0v) is 20.4. The first-order valence-electron chi connectivity index (χ1n) is 11.4. The summed E-state index contributed by atoms with van der Waals surface area (Å²) in [4.78, 5) is 32.8. The van der Waals surface area contributed by atoms with Crippen LogP contribution in [-0.2, 0) is 5.41 Å². The van der Waals surface area contributed by atoms with Gasteiger partial charge in [0.05, 0.1) is 16.9 Å². The van der Waals surface area contributed by atoms with E-state index in [-0.39, 0.29) is 11.3 Å². The number of halogens is 1. The lowest BCUT2D eigenvalue weighted by molar-refractivity contribution is 0.102. The molecule has 1 aliphatic rings. The second-order valence-electron chi connectivity index (χ2n) is 9.42. The molecule has 0 atom stereocenters. The third-order valence-electron chi connectivity index (χ3n) is 5.73. The van der Waals surface area contributed by atoms with Crippen LogP contribution in [-0.4, -0.2) is 44.1 Å². The summed E-state index contributed by atoms with van der Waals surface area (Å²) in [6, 6.07) is 6.66. The Kier molecular flexibility index (Phi) is 5.98. The van der Waals surface area contributed by atoms with Crippen LogP contribution < -0.4 is 15.5 Å². The second kappa shape index (κ2) is 9.10. The molecule has 4 heterocycles. The molecular weight excluding hydrogens is 468 g/mol. The lowest BCUT2D eigenvalue weighted by Gasteiger charge is -2.16. The maximum absolute atomic E-state index is 12.9. The number of hydrogen-bond acceptors (Lipinski definition) is 9. The van der Waals surface area contributed by atoms with Crippen molar-refractivity contribution in [3.05, 3.63) is 53.1 Å². The third-order valence-corrected chi connectivity index (χ3v) is 6.06. The van der Waals surface area contributed by atoms with Crippen LogP contribution in [0.1, 0.15) is 49.7 Å². The summed E-state index contributed by atoms with van der Waals surface area (Å²) in [5.41, 5.74) is 1.87. The van der Waals surface area contributed by atoms with Crippen molar-refractivity contribution in [3.8, 4) is 0 Å². The first kappa shape index (κ1) is 23.0. The van der Waals surface area contributed by atoms with E-state index in [9.17, 15) is 4.79 Å². The molecule has 180 valence electrons. The van der Waals surface area contributed by atoms with Gasteiger partial charge in [0, 0.05) is 30.1 Å². The highest BCUT2D eigenvalue weighted by Gasteiger charge is 2.21. The number of rotatable bonds is 5. The molecular formula is C24H25ClN8O2. The Morgan fingerprint density at radius 1 is 1.11 bits per heavy atom. The molecule has 1 aliphatic heterocycles. The molecule has 4 aromatic rings. The highest BCUT2D eigenvalue weighted by Crippen LogP contribution is 2.30. The van der Waals surface area contributed by atoms with Crippen LogP contribution in [0.15, 0.2) is 41.3 Å². The Labute approximate surface area is 207 Å². The Hall–Kier alpha value is -3.79. The fraction of sp³-hybridized carbons (Fsp3) is 0.333. The van der Waals surface area contributed by atoms with E-state index >= 15 is 0 Å². The predicted molar refractivity (Wildman–Crippen MR) is 134 cm³/mol. The van der Waals surface area contributed by atoms with Gasteiger partial charge in [-0.2, -0.15) is 0 Å². The molecule has 0 aliphatic carbocycles. The lowest BCUT2D eigenvalue weighted by Crippen LogP contribution is -2.20. The van der Waals surface area contributed by atoms with Gasteiger partial charge in [-0.15, -0.1) is 0 Å². The van der Waals surface area contributed by atoms with Crippen LogP contribution in [0.25, 0.3) is 11.0 Å². The summed E-state index contributed by atoms with van der Waals surface area (Å²) in [6.45, 7) is 7.87. The molecule has 1 amide bonds. The van der Waals surface area contributed by atoms with Gasteiger partial charge in [0.25, 0.3) is 5.91 Å². The standard InChI is InChI=1S/C24H25ClN8O2/c1-24(2,3)18-11-19(32-35-18)30-22(34)14-6-7-15(25)16(10-14)29-21-20-17(27-13-28-21)12-26-23(31-20)33-8-4-5-9-33/h6-7,10-13H,4-5,8-9H2,1-3H3,(H,27,28,29)(H,30,32,34). The summed E-state index contributed by atoms with van der Waals surface area (Å²) in [5, 5.41) is 10.3. The van der Waals surface area contributed by atoms with E-state index in [0.717, 1.165) is 25.9 Å². The number of amides is 1. The summed E-state index contributed by atoms with van der Waals surface area (Å²) in [7, 11) is 0. The summed E-state index contributed by atoms with van der Waals surface area (Å²) in [6.07, 6.45) is 5.37. The SMILES string of the molecule is CC(C)(C)c1cc(NC(=O)c2ccc(Cl)c(Nc3ncnc4cnc(N5CCCC5)nc34)c2)no1. The molecule has 1 saturated heterocycles. The molecule has 0 spiro atoms. The Bertz CT molecular complexity index is 1390. The Morgan fingerprint density at radius 3 is 2.66 bits per heavy atom. The average Bonchev–Trinajstić information content (AvgIpc) is 3.53. The van der Waals surface area contributed by atoms with Gasteiger partial charge >= 0.3 is 0 Å². The highest BCUT2D eigenvalue weighted by atomic mass is 35.5. The first-order valence-corrected chi connectivity index (χ1v) is 11.7. The van der Waals surface area contributed by atoms with Crippen LogP contribution in [0.3, 0.4) is 0 Å². The second-order valence-corrected chi connectivity index (χ2v) is 9.83. The summed E-state index contributed by atoms with van der Waals surface area (Å²) >= 11 is 6.44. The van der Waals surface area contributed by atoms with E-state index in [1.165, 1.54) is 6.33 Å². The third kappa shape index (κ3) is 4.88. The topological polar surface area (TPSA) is 122 Å². The van der Waals surface area contributed by atoms with Crippen LogP contribution in [0.2, 0.25) is 5.02 Å². The molecule has 3 aromatic heterocycles. The largest absolute Gasteiger partial charge is 0.359 e. The number of fused-ring (bicyclic) bond motifs is 1. The molecule has 35 heavy (non-hydrogen) atoms. The summed E-state index contributed by atoms with van der Waals surface area (Å²) < 4.78 is 5.35. The fourth-order valence-corrected chi connectivity index (χ4v) is 3.94. The van der Waals surface area contributed by atoms with Crippen molar-refractivity contribution in [2.45, 2.75) is 39.0 Å². The smallest absolute Gasteiger partial charge is 0.256 e. The zero-order chi connectivity index (χ0) is 24.6. The number of carbonyl (C=O) groups is 1. The van der Waals surface area contributed by atoms with E-state index in [1.54, 1.807) is 30.5 Å². The molecule has 2 N–H and O–H groups in total. The van der Waals surface area contributed by atoms with Crippen molar-refractivity contribution in [2.75, 3.05) is 28.6 Å². The maximum atomic E-state index is 12.9. The fourth-order valence-electron chi connectivity index (χ4n) is 3.77. The minimum Gasteiger partial charge on any atom is -0.359 e. The average molecular weight is 493 g/mol. The van der Waals surface area contributed by atoms with Crippen LogP contribution in [0, 0.1) is 0 Å². The van der Waals surface area contributed by atoms with E-state index < -0.39 is 0 Å². The minimum absolute atomic E-state index is 0.216. The zero-order valence-electron chi connectivity index (χ0n) is 19.7. The highest BCUT2D eigenvalue weighted by molar-refractivity contribution is 6.33. The van der Waals surface area contributed by atoms with Gasteiger partial charge < -0.3 is 20.1 Å². The lowest BCUT2D eigenvalue weighted by atomic mass is 9.93. The van der Waals surface area contributed by atoms with Crippen molar-refractivity contribution < 1.29 is 9.32 Å². The Morgan fingerprint density at radius 2 is 1.91 bits per heavy atom. The number of anilines is 4. The van der Waals surface area contributed by atoms with Gasteiger partial charge in [0.15, 0.2) is 11.6 Å². The molecule has 1 aromatic carbocycles. The molecule has 11 heteroatoms. The van der Waals surface area contributed by atoms with Crippen molar-refractivity contribution in [1.29, 1.82) is 0 Å². The van der Waals surface area contributed by atoms with Gasteiger partial charge in [-0.1, -0.05) is 37.5 Å². The van der Waals surface area contributed by atoms with Crippen LogP contribution >= 0.6 is 11.6 Å². The van der Waals surface area contributed by atoms with Gasteiger partial charge in [-0.25, -0.2) is 19.9 Å². The Balaban J connectivity index is 1.40. The van der Waals surface area contributed by atoms with Gasteiger partial charge in [-0.3, -0.25) is 4.79 Å². The van der Waals surface area contributed by atoms with E-state index in [1.807, 2.05) is 20.8 Å². The van der Waals surface area contributed by atoms with Gasteiger partial charge in [0.1, 0.15) is 23.1 Å². The van der Waals surface area contributed by atoms with Crippen LogP contribution in [0.4, 0.5) is 23.3 Å². The van der Waals surface area contributed by atoms with Crippen molar-refractivity contribution >= 4 is 51.8 Å². The number of carbonyl (C=O) groups excluding carboxylic acids is 1. The van der Waals surface area contributed by atoms with Crippen molar-refractivity contribution in [2.24, 2.45) is 0 Å². The van der Waals surface area contributed by atoms with Crippen LogP contribution in [0.5, 0.6) is 0 Å². The van der Waals surface area contributed by atoms with E-state index in [2.05, 4.69) is 35.6 Å². The molecule has 0 saturated carbocycles. The molecule has 1 fully saturated rings. The molecule has 5 rings (SSSR count). The quantitative estimate of drug-likeness (QED) is 0.398. The number of nitrogens with zero attached hydrogens (tertiary/aromatic N) is 6. The maximum Gasteiger partial charge on any atom is 0.256 e. The molecule has 10 nitrogen and oxygen atoms in total. The predicted octanol–water partition coefficient (Wildman–Crippen LogP) is 4.95. The first-order chi connectivity index (χ1) is 16.8. The molecule has 0 radical (unpaired) electrons. The van der Waals surface area contributed by atoms with Gasteiger partial charge in [0.2, 0.25) is 5.95 Å². The summed E-state index contributed by atoms with van der Waals surface area (Å²) in [5.74, 6) is 1.80. The van der Waals surface area contributed by atoms with Crippen molar-refractivity contribution in [3.63, 3.8) is 0 Å². The number of benzene rings is 1. The normalized spacial score (nSPS) is 13.9. The monoisotopic (exact) mass is 492 g/mol. The number of aromatic nitrogens is 5. The molecule has 0 unspecified atom stereocenters. The van der Waals surface area contributed by atoms with E-state index in [4.69, 9.17) is 21.1 Å². The number of nitrogens with one attached hydrogen (secondary N) is 2. The molecule has 0 bridgehead atoms. The van der Waals surface area contributed by atoms with Gasteiger partial charge in [-0.05, 0) is 31.0 Å².